The Bertz CT molecular complexity index is 931. The van der Waals surface area contributed by atoms with Crippen LogP contribution >= 0.6 is 11.6 Å². The number of benzene rings is 1. The van der Waals surface area contributed by atoms with Crippen LogP contribution < -0.4 is 5.32 Å². The van der Waals surface area contributed by atoms with Crippen LogP contribution in [0, 0.1) is 23.1 Å². The van der Waals surface area contributed by atoms with Gasteiger partial charge in [0.15, 0.2) is 0 Å². The van der Waals surface area contributed by atoms with Gasteiger partial charge >= 0.3 is 0 Å². The molecule has 3 aliphatic rings. The number of halogens is 2. The van der Waals surface area contributed by atoms with E-state index in [0.717, 1.165) is 25.0 Å². The Morgan fingerprint density at radius 3 is 2.59 bits per heavy atom. The lowest BCUT2D eigenvalue weighted by molar-refractivity contribution is 0.0729. The number of nitrogens with one attached hydrogen (secondary N) is 1. The highest BCUT2D eigenvalue weighted by atomic mass is 35.5. The predicted molar refractivity (Wildman–Crippen MR) is 107 cm³/mol. The van der Waals surface area contributed by atoms with Crippen LogP contribution in [0.2, 0.25) is 5.02 Å². The Kier molecular flexibility index (Phi) is 5.42. The number of sulfonamides is 1. The molecule has 1 unspecified atom stereocenters. The largest absolute Gasteiger partial charge is 0.379 e. The first kappa shape index (κ1) is 21.0. The lowest BCUT2D eigenvalue weighted by atomic mass is 9.73. The molecule has 160 valence electrons. The van der Waals surface area contributed by atoms with Gasteiger partial charge in [-0.05, 0) is 48.6 Å². The van der Waals surface area contributed by atoms with E-state index < -0.39 is 26.6 Å². The summed E-state index contributed by atoms with van der Waals surface area (Å²) in [7, 11) is -4.08. The first-order valence-electron chi connectivity index (χ1n) is 10.00. The predicted octanol–water partition coefficient (Wildman–Crippen LogP) is 3.05. The van der Waals surface area contributed by atoms with Gasteiger partial charge < -0.3 is 10.1 Å². The van der Waals surface area contributed by atoms with Crippen molar-refractivity contribution < 1.29 is 22.3 Å². The molecule has 1 saturated heterocycles. The van der Waals surface area contributed by atoms with E-state index in [-0.39, 0.29) is 48.3 Å². The first-order chi connectivity index (χ1) is 13.6. The minimum Gasteiger partial charge on any atom is -0.379 e. The molecule has 29 heavy (non-hydrogen) atoms. The maximum absolute atomic E-state index is 14.5. The molecule has 0 radical (unpaired) electrons. The minimum atomic E-state index is -4.08. The van der Waals surface area contributed by atoms with Gasteiger partial charge in [0.25, 0.3) is 5.91 Å². The molecule has 1 N–H and O–H groups in total. The van der Waals surface area contributed by atoms with E-state index >= 15 is 0 Å². The van der Waals surface area contributed by atoms with Gasteiger partial charge in [-0.15, -0.1) is 0 Å². The summed E-state index contributed by atoms with van der Waals surface area (Å²) in [5, 5.41) is 2.97. The summed E-state index contributed by atoms with van der Waals surface area (Å²) in [6.45, 7) is 5.10. The lowest BCUT2D eigenvalue weighted by Crippen LogP contribution is -2.48. The van der Waals surface area contributed by atoms with Crippen LogP contribution in [0.15, 0.2) is 17.0 Å². The second-order valence-electron chi connectivity index (χ2n) is 8.82. The molecule has 0 spiro atoms. The normalized spacial score (nSPS) is 29.2. The third-order valence-corrected chi connectivity index (χ3v) is 9.17. The highest BCUT2D eigenvalue weighted by molar-refractivity contribution is 7.89. The summed E-state index contributed by atoms with van der Waals surface area (Å²) in [6.07, 6.45) is 3.34. The Morgan fingerprint density at radius 2 is 1.97 bits per heavy atom. The number of nitrogens with zero attached hydrogens (tertiary/aromatic N) is 1. The zero-order valence-electron chi connectivity index (χ0n) is 16.6. The van der Waals surface area contributed by atoms with Gasteiger partial charge in [-0.2, -0.15) is 4.31 Å². The van der Waals surface area contributed by atoms with E-state index in [1.54, 1.807) is 0 Å². The Labute approximate surface area is 175 Å². The number of amides is 1. The summed E-state index contributed by atoms with van der Waals surface area (Å²) >= 11 is 6.14. The Balaban J connectivity index is 1.63. The molecule has 3 fully saturated rings. The van der Waals surface area contributed by atoms with Gasteiger partial charge in [0.1, 0.15) is 10.7 Å². The summed E-state index contributed by atoms with van der Waals surface area (Å²) in [5.41, 5.74) is -0.0492. The van der Waals surface area contributed by atoms with E-state index in [1.807, 2.05) is 0 Å². The van der Waals surface area contributed by atoms with Crippen molar-refractivity contribution >= 4 is 27.5 Å². The van der Waals surface area contributed by atoms with E-state index in [0.29, 0.717) is 11.8 Å². The van der Waals surface area contributed by atoms with Gasteiger partial charge in [0, 0.05) is 19.1 Å². The van der Waals surface area contributed by atoms with Crippen molar-refractivity contribution in [1.29, 1.82) is 0 Å². The number of hydrogen-bond donors (Lipinski definition) is 1. The monoisotopic (exact) mass is 444 g/mol. The van der Waals surface area contributed by atoms with Crippen LogP contribution in [0.1, 0.15) is 43.5 Å². The van der Waals surface area contributed by atoms with Crippen LogP contribution in [0.5, 0.6) is 0 Å². The van der Waals surface area contributed by atoms with Gasteiger partial charge in [-0.3, -0.25) is 4.79 Å². The van der Waals surface area contributed by atoms with E-state index in [2.05, 4.69) is 19.2 Å². The molecule has 3 atom stereocenters. The molecule has 9 heteroatoms. The molecule has 1 aromatic rings. The first-order valence-corrected chi connectivity index (χ1v) is 11.8. The Hall–Kier alpha value is -1.22. The van der Waals surface area contributed by atoms with Crippen LogP contribution in [-0.2, 0) is 14.8 Å². The highest BCUT2D eigenvalue weighted by Crippen LogP contribution is 2.55. The third-order valence-electron chi connectivity index (χ3n) is 6.94. The molecule has 1 amide bonds. The fraction of sp³-hybridized carbons (Fsp3) is 0.650. The van der Waals surface area contributed by atoms with Crippen molar-refractivity contribution in [3.05, 3.63) is 28.5 Å². The standard InChI is InChI=1S/C20H26ClFN2O4S/c1-20(2)13-4-3-12(9-13)18(20)23-19(25)14-10-17(16(22)11-15(14)21)29(26,27)24-5-7-28-8-6-24/h10-13,18H,3-9H2,1-2H3,(H,23,25)/t12-,13+,18?/m0/s1. The van der Waals surface area contributed by atoms with E-state index in [9.17, 15) is 17.6 Å². The molecule has 4 rings (SSSR count). The van der Waals surface area contributed by atoms with Crippen molar-refractivity contribution in [2.45, 2.75) is 44.0 Å². The molecule has 2 saturated carbocycles. The molecule has 1 heterocycles. The lowest BCUT2D eigenvalue weighted by Gasteiger charge is -2.38. The molecule has 2 bridgehead atoms. The van der Waals surface area contributed by atoms with Crippen LogP contribution in [0.4, 0.5) is 4.39 Å². The molecule has 1 aromatic carbocycles. The SMILES string of the molecule is CC1(C)C(NC(=O)c2cc(S(=O)(=O)N3CCOCC3)c(F)cc2Cl)[C@H]2CC[C@@H]1C2. The van der Waals surface area contributed by atoms with Crippen molar-refractivity contribution in [1.82, 2.24) is 9.62 Å². The average Bonchev–Trinajstić information content (AvgIpc) is 3.24. The number of morpholine rings is 1. The maximum Gasteiger partial charge on any atom is 0.253 e. The van der Waals surface area contributed by atoms with Gasteiger partial charge in [-0.25, -0.2) is 12.8 Å². The maximum atomic E-state index is 14.5. The average molecular weight is 445 g/mol. The van der Waals surface area contributed by atoms with Crippen LogP contribution in [-0.4, -0.2) is 51.0 Å². The van der Waals surface area contributed by atoms with Gasteiger partial charge in [-0.1, -0.05) is 25.4 Å². The molecule has 1 aliphatic heterocycles. The van der Waals surface area contributed by atoms with Crippen molar-refractivity contribution in [3.8, 4) is 0 Å². The van der Waals surface area contributed by atoms with Crippen molar-refractivity contribution in [2.75, 3.05) is 26.3 Å². The summed E-state index contributed by atoms with van der Waals surface area (Å²) in [5.74, 6) is -0.439. The molecular weight excluding hydrogens is 419 g/mol. The fourth-order valence-corrected chi connectivity index (χ4v) is 6.92. The second-order valence-corrected chi connectivity index (χ2v) is 11.1. The topological polar surface area (TPSA) is 75.7 Å². The van der Waals surface area contributed by atoms with Crippen molar-refractivity contribution in [2.24, 2.45) is 17.3 Å². The summed E-state index contributed by atoms with van der Waals surface area (Å²) in [6, 6.07) is 1.97. The smallest absolute Gasteiger partial charge is 0.253 e. The molecular formula is C20H26ClFN2O4S. The number of fused-ring (bicyclic) bond motifs is 2. The quantitative estimate of drug-likeness (QED) is 0.774. The zero-order valence-corrected chi connectivity index (χ0v) is 18.2. The number of ether oxygens (including phenoxy) is 1. The molecule has 2 aliphatic carbocycles. The van der Waals surface area contributed by atoms with E-state index in [4.69, 9.17) is 16.3 Å². The molecule has 6 nitrogen and oxygen atoms in total. The summed E-state index contributed by atoms with van der Waals surface area (Å²) < 4.78 is 46.7. The Morgan fingerprint density at radius 1 is 1.28 bits per heavy atom. The number of hydrogen-bond acceptors (Lipinski definition) is 4. The number of rotatable bonds is 4. The number of carbonyl (C=O) groups is 1. The van der Waals surface area contributed by atoms with Crippen molar-refractivity contribution in [3.63, 3.8) is 0 Å². The third kappa shape index (κ3) is 3.58. The van der Waals surface area contributed by atoms with Gasteiger partial charge in [0.2, 0.25) is 10.0 Å². The summed E-state index contributed by atoms with van der Waals surface area (Å²) in [4.78, 5) is 12.5. The molecule has 0 aromatic heterocycles. The van der Waals surface area contributed by atoms with E-state index in [1.165, 1.54) is 10.7 Å². The highest BCUT2D eigenvalue weighted by Gasteiger charge is 2.53. The van der Waals surface area contributed by atoms with Gasteiger partial charge in [0.05, 0.1) is 23.8 Å². The number of carbonyl (C=O) groups excluding carboxylic acids is 1. The minimum absolute atomic E-state index is 0.00540. The zero-order chi connectivity index (χ0) is 21.0. The fourth-order valence-electron chi connectivity index (χ4n) is 5.21. The van der Waals surface area contributed by atoms with Crippen LogP contribution in [0.25, 0.3) is 0 Å². The second kappa shape index (κ2) is 7.48. The van der Waals surface area contributed by atoms with Crippen LogP contribution in [0.3, 0.4) is 0 Å².